The molecule has 0 saturated heterocycles. The van der Waals surface area contributed by atoms with Crippen LogP contribution in [0.3, 0.4) is 0 Å². The highest BCUT2D eigenvalue weighted by Gasteiger charge is 2.16. The summed E-state index contributed by atoms with van der Waals surface area (Å²) in [4.78, 5) is 24.8. The van der Waals surface area contributed by atoms with Gasteiger partial charge in [-0.05, 0) is 81.8 Å². The molecule has 0 aliphatic carbocycles. The number of hydrogen-bond donors (Lipinski definition) is 1. The first kappa shape index (κ1) is 23.8. The Hall–Kier alpha value is -2.51. The average molecular weight is 449 g/mol. The summed E-state index contributed by atoms with van der Waals surface area (Å²) in [6, 6.07) is 14.3. The van der Waals surface area contributed by atoms with Crippen molar-refractivity contribution in [1.29, 1.82) is 0 Å². The molecule has 1 atom stereocenters. The Kier molecular flexibility index (Phi) is 8.74. The number of hydrazone groups is 1. The van der Waals surface area contributed by atoms with E-state index in [2.05, 4.69) is 10.5 Å². The molecule has 0 bridgehead atoms. The number of esters is 1. The number of rotatable bonds is 8. The maximum absolute atomic E-state index is 12.2. The van der Waals surface area contributed by atoms with Crippen LogP contribution in [0.5, 0.6) is 5.75 Å². The summed E-state index contributed by atoms with van der Waals surface area (Å²) in [6.07, 6.45) is 1.54. The zero-order chi connectivity index (χ0) is 22.1. The van der Waals surface area contributed by atoms with E-state index in [1.165, 1.54) is 18.0 Å². The van der Waals surface area contributed by atoms with Crippen LogP contribution in [-0.4, -0.2) is 35.5 Å². The number of carbonyl (C=O) groups is 2. The lowest BCUT2D eigenvalue weighted by Crippen LogP contribution is -2.27. The van der Waals surface area contributed by atoms with Crippen LogP contribution in [0.25, 0.3) is 0 Å². The van der Waals surface area contributed by atoms with Crippen LogP contribution < -0.4 is 10.2 Å². The maximum atomic E-state index is 12.2. The fourth-order valence-electron chi connectivity index (χ4n) is 2.20. The fraction of sp³-hybridized carbons (Fsp3) is 0.318. The molecule has 1 amide bonds. The molecular weight excluding hydrogens is 424 g/mol. The third kappa shape index (κ3) is 8.88. The summed E-state index contributed by atoms with van der Waals surface area (Å²) in [7, 11) is 0. The summed E-state index contributed by atoms with van der Waals surface area (Å²) < 4.78 is 10.6. The number of hydrogen-bond acceptors (Lipinski definition) is 6. The lowest BCUT2D eigenvalue weighted by molar-refractivity contribution is -0.157. The highest BCUT2D eigenvalue weighted by molar-refractivity contribution is 8.00. The third-order valence-corrected chi connectivity index (χ3v) is 4.90. The van der Waals surface area contributed by atoms with Gasteiger partial charge in [0.15, 0.2) is 6.61 Å². The topological polar surface area (TPSA) is 77.0 Å². The van der Waals surface area contributed by atoms with E-state index in [0.717, 1.165) is 10.5 Å². The molecule has 2 rings (SSSR count). The number of carbonyl (C=O) groups excluding carboxylic acids is 2. The lowest BCUT2D eigenvalue weighted by Gasteiger charge is -2.19. The zero-order valence-corrected chi connectivity index (χ0v) is 18.9. The van der Waals surface area contributed by atoms with Gasteiger partial charge < -0.3 is 9.47 Å². The standard InChI is InChI=1S/C22H25ClN2O4S/c1-15(30-19-11-7-17(23)8-12-19)21(27)25-24-13-16-5-9-18(10-6-16)28-14-20(26)29-22(2,3)4/h5-13,15H,14H2,1-4H3,(H,25,27)/b24-13+. The highest BCUT2D eigenvalue weighted by atomic mass is 35.5. The Balaban J connectivity index is 1.78. The molecule has 2 aromatic carbocycles. The van der Waals surface area contributed by atoms with Gasteiger partial charge in [0.2, 0.25) is 0 Å². The number of ether oxygens (including phenoxy) is 2. The number of amides is 1. The summed E-state index contributed by atoms with van der Waals surface area (Å²) in [5.74, 6) is -0.0972. The minimum atomic E-state index is -0.546. The highest BCUT2D eigenvalue weighted by Crippen LogP contribution is 2.24. The minimum absolute atomic E-state index is 0.163. The molecule has 0 saturated carbocycles. The molecule has 0 heterocycles. The van der Waals surface area contributed by atoms with Crippen LogP contribution in [0.2, 0.25) is 5.02 Å². The number of thioether (sulfide) groups is 1. The molecule has 30 heavy (non-hydrogen) atoms. The van der Waals surface area contributed by atoms with Crippen molar-refractivity contribution in [2.45, 2.75) is 43.4 Å². The molecule has 0 radical (unpaired) electrons. The van der Waals surface area contributed by atoms with Crippen molar-refractivity contribution in [3.8, 4) is 5.75 Å². The summed E-state index contributed by atoms with van der Waals surface area (Å²) >= 11 is 7.29. The van der Waals surface area contributed by atoms with E-state index in [0.29, 0.717) is 10.8 Å². The normalized spacial score (nSPS) is 12.4. The first-order valence-corrected chi connectivity index (χ1v) is 10.6. The fourth-order valence-corrected chi connectivity index (χ4v) is 3.18. The predicted octanol–water partition coefficient (Wildman–Crippen LogP) is 4.69. The summed E-state index contributed by atoms with van der Waals surface area (Å²) in [5, 5.41) is 4.33. The second-order valence-electron chi connectivity index (χ2n) is 7.39. The van der Waals surface area contributed by atoms with Gasteiger partial charge in [-0.25, -0.2) is 10.2 Å². The van der Waals surface area contributed by atoms with Crippen molar-refractivity contribution in [3.05, 3.63) is 59.1 Å². The van der Waals surface area contributed by atoms with Crippen molar-refractivity contribution in [2.24, 2.45) is 5.10 Å². The van der Waals surface area contributed by atoms with Gasteiger partial charge in [-0.3, -0.25) is 4.79 Å². The lowest BCUT2D eigenvalue weighted by atomic mass is 10.2. The third-order valence-electron chi connectivity index (χ3n) is 3.54. The van der Waals surface area contributed by atoms with Gasteiger partial charge in [0.05, 0.1) is 11.5 Å². The van der Waals surface area contributed by atoms with Crippen molar-refractivity contribution in [3.63, 3.8) is 0 Å². The van der Waals surface area contributed by atoms with Gasteiger partial charge in [0.25, 0.3) is 5.91 Å². The molecule has 1 N–H and O–H groups in total. The van der Waals surface area contributed by atoms with E-state index in [1.807, 2.05) is 12.1 Å². The molecule has 1 unspecified atom stereocenters. The molecule has 8 heteroatoms. The van der Waals surface area contributed by atoms with Crippen molar-refractivity contribution in [1.82, 2.24) is 5.43 Å². The van der Waals surface area contributed by atoms with Gasteiger partial charge in [0.1, 0.15) is 11.4 Å². The van der Waals surface area contributed by atoms with E-state index in [-0.39, 0.29) is 17.8 Å². The van der Waals surface area contributed by atoms with E-state index in [1.54, 1.807) is 64.1 Å². The second kappa shape index (κ2) is 11.0. The number of nitrogens with one attached hydrogen (secondary N) is 1. The van der Waals surface area contributed by atoms with Gasteiger partial charge in [-0.1, -0.05) is 11.6 Å². The van der Waals surface area contributed by atoms with Gasteiger partial charge in [-0.15, -0.1) is 11.8 Å². The Bertz CT molecular complexity index is 878. The summed E-state index contributed by atoms with van der Waals surface area (Å²) in [5.41, 5.74) is 2.76. The van der Waals surface area contributed by atoms with E-state index >= 15 is 0 Å². The Morgan fingerprint density at radius 2 is 1.77 bits per heavy atom. The predicted molar refractivity (Wildman–Crippen MR) is 120 cm³/mol. The average Bonchev–Trinajstić information content (AvgIpc) is 2.67. The second-order valence-corrected chi connectivity index (χ2v) is 9.24. The monoisotopic (exact) mass is 448 g/mol. The van der Waals surface area contributed by atoms with Crippen LogP contribution in [0.4, 0.5) is 0 Å². The molecule has 0 aliphatic heterocycles. The van der Waals surface area contributed by atoms with Gasteiger partial charge in [-0.2, -0.15) is 5.10 Å². The molecule has 160 valence electrons. The van der Waals surface area contributed by atoms with Crippen LogP contribution in [0, 0.1) is 0 Å². The first-order chi connectivity index (χ1) is 14.1. The van der Waals surface area contributed by atoms with Crippen molar-refractivity contribution < 1.29 is 19.1 Å². The van der Waals surface area contributed by atoms with E-state index in [9.17, 15) is 9.59 Å². The van der Waals surface area contributed by atoms with E-state index < -0.39 is 11.6 Å². The SMILES string of the molecule is CC(Sc1ccc(Cl)cc1)C(=O)N/N=C/c1ccc(OCC(=O)OC(C)(C)C)cc1. The van der Waals surface area contributed by atoms with Crippen molar-refractivity contribution in [2.75, 3.05) is 6.61 Å². The van der Waals surface area contributed by atoms with E-state index in [4.69, 9.17) is 21.1 Å². The van der Waals surface area contributed by atoms with Gasteiger partial charge >= 0.3 is 5.97 Å². The summed E-state index contributed by atoms with van der Waals surface area (Å²) in [6.45, 7) is 7.05. The first-order valence-electron chi connectivity index (χ1n) is 9.32. The van der Waals surface area contributed by atoms with Crippen LogP contribution in [0.1, 0.15) is 33.3 Å². The number of halogens is 1. The number of nitrogens with zero attached hydrogens (tertiary/aromatic N) is 1. The van der Waals surface area contributed by atoms with Crippen molar-refractivity contribution >= 4 is 41.5 Å². The minimum Gasteiger partial charge on any atom is -0.482 e. The quantitative estimate of drug-likeness (QED) is 0.274. The van der Waals surface area contributed by atoms with Crippen LogP contribution in [0.15, 0.2) is 58.5 Å². The van der Waals surface area contributed by atoms with Crippen LogP contribution in [-0.2, 0) is 14.3 Å². The molecule has 0 aromatic heterocycles. The maximum Gasteiger partial charge on any atom is 0.344 e. The van der Waals surface area contributed by atoms with Crippen LogP contribution >= 0.6 is 23.4 Å². The molecule has 2 aromatic rings. The number of benzene rings is 2. The Morgan fingerprint density at radius 1 is 1.13 bits per heavy atom. The largest absolute Gasteiger partial charge is 0.482 e. The Labute approximate surface area is 186 Å². The molecule has 0 spiro atoms. The molecule has 0 aliphatic rings. The molecule has 0 fully saturated rings. The molecule has 6 nitrogen and oxygen atoms in total. The Morgan fingerprint density at radius 3 is 2.37 bits per heavy atom. The van der Waals surface area contributed by atoms with Gasteiger partial charge in [0, 0.05) is 9.92 Å². The smallest absolute Gasteiger partial charge is 0.344 e. The zero-order valence-electron chi connectivity index (χ0n) is 17.3. The molecular formula is C22H25ClN2O4S.